The van der Waals surface area contributed by atoms with Crippen LogP contribution in [0.15, 0.2) is 59.5 Å². The van der Waals surface area contributed by atoms with E-state index in [1.54, 1.807) is 48.6 Å². The quantitative estimate of drug-likeness (QED) is 0.241. The number of likely N-dealkylation sites (tertiary alicyclic amines) is 1. The van der Waals surface area contributed by atoms with Gasteiger partial charge < -0.3 is 10.1 Å². The van der Waals surface area contributed by atoms with E-state index in [1.807, 2.05) is 19.1 Å². The number of ketones is 1. The summed E-state index contributed by atoms with van der Waals surface area (Å²) >= 11 is 7.51. The summed E-state index contributed by atoms with van der Waals surface area (Å²) in [4.78, 5) is 41.6. The number of aryl methyl sites for hydroxylation is 2. The summed E-state index contributed by atoms with van der Waals surface area (Å²) < 4.78 is 7.38. The first kappa shape index (κ1) is 30.1. The number of nitrogens with one attached hydrogen (secondary N) is 1. The van der Waals surface area contributed by atoms with Crippen LogP contribution in [0.25, 0.3) is 0 Å². The summed E-state index contributed by atoms with van der Waals surface area (Å²) in [6.07, 6.45) is 2.27. The van der Waals surface area contributed by atoms with Crippen molar-refractivity contribution < 1.29 is 19.1 Å². The second-order valence-electron chi connectivity index (χ2n) is 9.95. The number of hydrogen-bond donors (Lipinski definition) is 1. The van der Waals surface area contributed by atoms with Crippen molar-refractivity contribution in [2.75, 3.05) is 38.6 Å². The number of amides is 2. The lowest BCUT2D eigenvalue weighted by Crippen LogP contribution is -2.33. The number of benzene rings is 3. The number of nitriles is 1. The van der Waals surface area contributed by atoms with Crippen LogP contribution in [0, 0.1) is 25.2 Å². The molecule has 1 fully saturated rings. The Kier molecular flexibility index (Phi) is 10.1. The summed E-state index contributed by atoms with van der Waals surface area (Å²) in [5.74, 6) is -0.505. The van der Waals surface area contributed by atoms with Crippen molar-refractivity contribution in [3.63, 3.8) is 0 Å². The summed E-state index contributed by atoms with van der Waals surface area (Å²) in [5.41, 5.74) is 3.12. The highest BCUT2D eigenvalue weighted by Gasteiger charge is 2.20. The molecule has 0 aliphatic carbocycles. The Morgan fingerprint density at radius 3 is 2.54 bits per heavy atom. The van der Waals surface area contributed by atoms with Gasteiger partial charge in [-0.1, -0.05) is 11.6 Å². The van der Waals surface area contributed by atoms with Crippen molar-refractivity contribution in [2.24, 2.45) is 0 Å². The summed E-state index contributed by atoms with van der Waals surface area (Å²) in [7, 11) is 1.77. The molecule has 10 heteroatoms. The van der Waals surface area contributed by atoms with E-state index in [0.29, 0.717) is 28.4 Å². The van der Waals surface area contributed by atoms with Gasteiger partial charge in [-0.15, -0.1) is 0 Å². The molecule has 0 radical (unpaired) electrons. The van der Waals surface area contributed by atoms with Gasteiger partial charge in [-0.25, -0.2) is 0 Å². The highest BCUT2D eigenvalue weighted by Crippen LogP contribution is 2.28. The van der Waals surface area contributed by atoms with Crippen LogP contribution in [-0.4, -0.2) is 60.1 Å². The Balaban J connectivity index is 1.37. The van der Waals surface area contributed by atoms with Gasteiger partial charge in [0.15, 0.2) is 12.4 Å². The molecule has 0 spiro atoms. The minimum atomic E-state index is -0.401. The zero-order valence-corrected chi connectivity index (χ0v) is 24.8. The fourth-order valence-electron chi connectivity index (χ4n) is 4.54. The molecular weight excluding hydrogens is 560 g/mol. The van der Waals surface area contributed by atoms with Crippen LogP contribution < -0.4 is 10.1 Å². The lowest BCUT2D eigenvalue weighted by Gasteiger charge is -2.20. The van der Waals surface area contributed by atoms with Crippen LogP contribution in [0.1, 0.15) is 45.5 Å². The van der Waals surface area contributed by atoms with Gasteiger partial charge in [-0.3, -0.25) is 23.6 Å². The zero-order chi connectivity index (χ0) is 29.5. The summed E-state index contributed by atoms with van der Waals surface area (Å²) in [6, 6.07) is 17.1. The number of anilines is 1. The van der Waals surface area contributed by atoms with Crippen molar-refractivity contribution in [3.05, 3.63) is 87.4 Å². The largest absolute Gasteiger partial charge is 0.483 e. The molecule has 1 saturated heterocycles. The highest BCUT2D eigenvalue weighted by atomic mass is 35.5. The van der Waals surface area contributed by atoms with Crippen LogP contribution in [0.3, 0.4) is 0 Å². The zero-order valence-electron chi connectivity index (χ0n) is 23.2. The van der Waals surface area contributed by atoms with Crippen LogP contribution in [0.4, 0.5) is 5.69 Å². The minimum absolute atomic E-state index is 0.0528. The Bertz CT molecular complexity index is 1510. The number of rotatable bonds is 10. The second kappa shape index (κ2) is 13.7. The SMILES string of the molecule is Cc1cc(C#N)cc(C(=O)c2cc(Cl)ccc2OCC(=O)Nc2ccc(SN(C)C(=O)CN3CCCC3)cc2C)c1. The summed E-state index contributed by atoms with van der Waals surface area (Å²) in [5, 5.41) is 12.5. The van der Waals surface area contributed by atoms with Gasteiger partial charge in [-0.2, -0.15) is 5.26 Å². The van der Waals surface area contributed by atoms with Crippen LogP contribution >= 0.6 is 23.5 Å². The Morgan fingerprint density at radius 1 is 1.07 bits per heavy atom. The fourth-order valence-corrected chi connectivity index (χ4v) is 5.55. The molecule has 1 N–H and O–H groups in total. The molecule has 3 aromatic carbocycles. The van der Waals surface area contributed by atoms with E-state index in [1.165, 1.54) is 24.1 Å². The molecule has 0 saturated carbocycles. The Labute approximate surface area is 249 Å². The third-order valence-electron chi connectivity index (χ3n) is 6.64. The first-order valence-electron chi connectivity index (χ1n) is 13.2. The molecule has 0 atom stereocenters. The monoisotopic (exact) mass is 590 g/mol. The molecule has 1 aliphatic heterocycles. The molecule has 8 nitrogen and oxygen atoms in total. The van der Waals surface area contributed by atoms with Crippen molar-refractivity contribution in [3.8, 4) is 11.8 Å². The average molecular weight is 591 g/mol. The normalized spacial score (nSPS) is 13.0. The number of likely N-dealkylation sites (N-methyl/N-ethyl adjacent to an activating group) is 1. The van der Waals surface area contributed by atoms with Gasteiger partial charge in [0.1, 0.15) is 5.75 Å². The molecule has 0 unspecified atom stereocenters. The van der Waals surface area contributed by atoms with E-state index in [0.717, 1.165) is 42.0 Å². The molecule has 0 bridgehead atoms. The Hall–Kier alpha value is -3.84. The first-order valence-corrected chi connectivity index (χ1v) is 14.3. The molecule has 3 aromatic rings. The van der Waals surface area contributed by atoms with Gasteiger partial charge in [-0.05, 0) is 117 Å². The van der Waals surface area contributed by atoms with Gasteiger partial charge in [0.2, 0.25) is 5.91 Å². The van der Waals surface area contributed by atoms with E-state index in [9.17, 15) is 19.6 Å². The van der Waals surface area contributed by atoms with Gasteiger partial charge in [0.05, 0.1) is 23.7 Å². The lowest BCUT2D eigenvalue weighted by molar-refractivity contribution is -0.126. The molecular formula is C31H31ClN4O4S. The molecule has 41 heavy (non-hydrogen) atoms. The Morgan fingerprint density at radius 2 is 1.83 bits per heavy atom. The molecule has 212 valence electrons. The van der Waals surface area contributed by atoms with E-state index in [2.05, 4.69) is 16.3 Å². The first-order chi connectivity index (χ1) is 19.6. The van der Waals surface area contributed by atoms with Gasteiger partial charge >= 0.3 is 0 Å². The molecule has 1 aliphatic rings. The fraction of sp³-hybridized carbons (Fsp3) is 0.290. The molecule has 4 rings (SSSR count). The third-order valence-corrected chi connectivity index (χ3v) is 7.81. The average Bonchev–Trinajstić information content (AvgIpc) is 3.46. The van der Waals surface area contributed by atoms with Crippen LogP contribution in [-0.2, 0) is 9.59 Å². The predicted molar refractivity (Wildman–Crippen MR) is 160 cm³/mol. The van der Waals surface area contributed by atoms with E-state index < -0.39 is 5.91 Å². The van der Waals surface area contributed by atoms with E-state index in [4.69, 9.17) is 16.3 Å². The maximum Gasteiger partial charge on any atom is 0.262 e. The predicted octanol–water partition coefficient (Wildman–Crippen LogP) is 5.64. The number of hydrogen-bond acceptors (Lipinski definition) is 7. The van der Waals surface area contributed by atoms with Crippen LogP contribution in [0.5, 0.6) is 5.75 Å². The third kappa shape index (κ3) is 8.10. The molecule has 0 aromatic heterocycles. The number of ether oxygens (including phenoxy) is 1. The van der Waals surface area contributed by atoms with Gasteiger partial charge in [0.25, 0.3) is 5.91 Å². The lowest BCUT2D eigenvalue weighted by atomic mass is 9.98. The van der Waals surface area contributed by atoms with E-state index >= 15 is 0 Å². The van der Waals surface area contributed by atoms with Crippen molar-refractivity contribution in [1.29, 1.82) is 5.26 Å². The number of halogens is 1. The van der Waals surface area contributed by atoms with Crippen molar-refractivity contribution in [1.82, 2.24) is 9.21 Å². The molecule has 1 heterocycles. The number of carbonyl (C=O) groups excluding carboxylic acids is 3. The smallest absolute Gasteiger partial charge is 0.262 e. The van der Waals surface area contributed by atoms with E-state index in [-0.39, 0.29) is 29.6 Å². The van der Waals surface area contributed by atoms with Crippen LogP contribution in [0.2, 0.25) is 5.02 Å². The topological polar surface area (TPSA) is 103 Å². The van der Waals surface area contributed by atoms with Gasteiger partial charge in [0, 0.05) is 28.2 Å². The maximum absolute atomic E-state index is 13.3. The molecule has 2 amide bonds. The second-order valence-corrected chi connectivity index (χ2v) is 11.6. The minimum Gasteiger partial charge on any atom is -0.483 e. The van der Waals surface area contributed by atoms with Crippen molar-refractivity contribution >= 4 is 46.8 Å². The standard InChI is InChI=1S/C31H31ClN4O4S/c1-20-12-22(17-33)15-23(13-20)31(39)26-16-24(32)6-9-28(26)40-19-29(37)34-27-8-7-25(14-21(27)2)41-35(3)30(38)18-36-10-4-5-11-36/h6-9,12-16H,4-5,10-11,18-19H2,1-3H3,(H,34,37). The van der Waals surface area contributed by atoms with Crippen molar-refractivity contribution in [2.45, 2.75) is 31.6 Å². The highest BCUT2D eigenvalue weighted by molar-refractivity contribution is 7.97. The summed E-state index contributed by atoms with van der Waals surface area (Å²) in [6.45, 7) is 5.70. The maximum atomic E-state index is 13.3. The number of nitrogens with zero attached hydrogens (tertiary/aromatic N) is 3. The number of carbonyl (C=O) groups is 3.